The smallest absolute Gasteiger partial charge is 0.326 e. The van der Waals surface area contributed by atoms with E-state index in [1.54, 1.807) is 0 Å². The van der Waals surface area contributed by atoms with Crippen LogP contribution in [-0.4, -0.2) is 34.5 Å². The summed E-state index contributed by atoms with van der Waals surface area (Å²) in [5.41, 5.74) is 0. The summed E-state index contributed by atoms with van der Waals surface area (Å²) >= 11 is 1.17. The Morgan fingerprint density at radius 1 is 1.50 bits per heavy atom. The van der Waals surface area contributed by atoms with Gasteiger partial charge in [0.2, 0.25) is 5.91 Å². The second-order valence-electron chi connectivity index (χ2n) is 3.74. The largest absolute Gasteiger partial charge is 0.480 e. The molecule has 0 aromatic carbocycles. The molecule has 0 heterocycles. The molecule has 0 bridgehead atoms. The molecular formula is C10H16N2O3S. The van der Waals surface area contributed by atoms with E-state index in [-0.39, 0.29) is 23.3 Å². The van der Waals surface area contributed by atoms with Crippen LogP contribution >= 0.6 is 11.8 Å². The van der Waals surface area contributed by atoms with Crippen LogP contribution in [0, 0.1) is 17.2 Å². The Hall–Kier alpha value is -1.22. The first-order valence-corrected chi connectivity index (χ1v) is 6.09. The molecule has 0 aliphatic rings. The molecule has 0 rings (SSSR count). The molecule has 5 nitrogen and oxygen atoms in total. The van der Waals surface area contributed by atoms with E-state index in [9.17, 15) is 9.59 Å². The van der Waals surface area contributed by atoms with Crippen LogP contribution < -0.4 is 5.32 Å². The zero-order chi connectivity index (χ0) is 12.6. The van der Waals surface area contributed by atoms with Crippen LogP contribution in [0.3, 0.4) is 0 Å². The van der Waals surface area contributed by atoms with Gasteiger partial charge in [-0.25, -0.2) is 4.79 Å². The number of amides is 1. The van der Waals surface area contributed by atoms with Gasteiger partial charge in [0, 0.05) is 0 Å². The molecule has 16 heavy (non-hydrogen) atoms. The standard InChI is InChI=1S/C10H16N2O3S/c1-7(2)5-8(10(14)15)12-9(13)6-16-4-3-11/h7-8H,4-6H2,1-2H3,(H,12,13)(H,14,15)/t8-/m1/s1. The maximum atomic E-state index is 11.3. The number of aliphatic carboxylic acids is 1. The zero-order valence-corrected chi connectivity index (χ0v) is 10.2. The fourth-order valence-electron chi connectivity index (χ4n) is 1.12. The third-order valence-electron chi connectivity index (χ3n) is 1.74. The Bertz CT molecular complexity index is 286. The van der Waals surface area contributed by atoms with Crippen molar-refractivity contribution >= 4 is 23.6 Å². The first kappa shape index (κ1) is 14.8. The number of nitrogens with zero attached hydrogens (tertiary/aromatic N) is 1. The minimum absolute atomic E-state index is 0.120. The lowest BCUT2D eigenvalue weighted by atomic mass is 10.0. The molecule has 0 aromatic rings. The van der Waals surface area contributed by atoms with Gasteiger partial charge in [0.15, 0.2) is 0 Å². The highest BCUT2D eigenvalue weighted by atomic mass is 32.2. The topological polar surface area (TPSA) is 90.2 Å². The highest BCUT2D eigenvalue weighted by molar-refractivity contribution is 8.00. The third kappa shape index (κ3) is 7.12. The average Bonchev–Trinajstić information content (AvgIpc) is 2.16. The lowest BCUT2D eigenvalue weighted by Crippen LogP contribution is -2.42. The van der Waals surface area contributed by atoms with Crippen LogP contribution in [0.4, 0.5) is 0 Å². The number of rotatable bonds is 7. The molecule has 90 valence electrons. The Balaban J connectivity index is 4.04. The van der Waals surface area contributed by atoms with E-state index in [2.05, 4.69) is 5.32 Å². The monoisotopic (exact) mass is 244 g/mol. The highest BCUT2D eigenvalue weighted by Crippen LogP contribution is 2.05. The van der Waals surface area contributed by atoms with Gasteiger partial charge in [-0.2, -0.15) is 5.26 Å². The Labute approximate surface area is 99.2 Å². The normalized spacial score (nSPS) is 11.9. The van der Waals surface area contributed by atoms with Gasteiger partial charge < -0.3 is 10.4 Å². The van der Waals surface area contributed by atoms with Crippen molar-refractivity contribution < 1.29 is 14.7 Å². The Kier molecular flexibility index (Phi) is 7.38. The van der Waals surface area contributed by atoms with E-state index < -0.39 is 12.0 Å². The van der Waals surface area contributed by atoms with Crippen LogP contribution in [0.25, 0.3) is 0 Å². The van der Waals surface area contributed by atoms with Crippen LogP contribution in [-0.2, 0) is 9.59 Å². The summed E-state index contributed by atoms with van der Waals surface area (Å²) in [6, 6.07) is 1.06. The second kappa shape index (κ2) is 7.99. The van der Waals surface area contributed by atoms with E-state index >= 15 is 0 Å². The van der Waals surface area contributed by atoms with Gasteiger partial charge in [0.1, 0.15) is 6.04 Å². The minimum atomic E-state index is -1.02. The molecule has 0 saturated carbocycles. The summed E-state index contributed by atoms with van der Waals surface area (Å²) in [6.45, 7) is 3.79. The predicted molar refractivity (Wildman–Crippen MR) is 62.0 cm³/mol. The lowest BCUT2D eigenvalue weighted by Gasteiger charge is -2.16. The fraction of sp³-hybridized carbons (Fsp3) is 0.700. The van der Waals surface area contributed by atoms with Crippen molar-refractivity contribution in [2.24, 2.45) is 5.92 Å². The van der Waals surface area contributed by atoms with Gasteiger partial charge in [-0.1, -0.05) is 13.8 Å². The number of hydrogen-bond acceptors (Lipinski definition) is 4. The maximum absolute atomic E-state index is 11.3. The summed E-state index contributed by atoms with van der Waals surface area (Å²) in [4.78, 5) is 22.1. The van der Waals surface area contributed by atoms with Crippen molar-refractivity contribution in [3.63, 3.8) is 0 Å². The van der Waals surface area contributed by atoms with E-state index in [0.29, 0.717) is 6.42 Å². The van der Waals surface area contributed by atoms with Gasteiger partial charge in [0.25, 0.3) is 0 Å². The van der Waals surface area contributed by atoms with Crippen molar-refractivity contribution in [1.82, 2.24) is 5.32 Å². The number of nitrogens with one attached hydrogen (secondary N) is 1. The first-order valence-electron chi connectivity index (χ1n) is 4.94. The van der Waals surface area contributed by atoms with Crippen LogP contribution in [0.1, 0.15) is 20.3 Å². The van der Waals surface area contributed by atoms with E-state index in [4.69, 9.17) is 10.4 Å². The molecule has 0 spiro atoms. The molecule has 0 radical (unpaired) electrons. The maximum Gasteiger partial charge on any atom is 0.326 e. The summed E-state index contributed by atoms with van der Waals surface area (Å²) in [5, 5.41) is 19.6. The average molecular weight is 244 g/mol. The molecule has 0 aliphatic carbocycles. The number of thioether (sulfide) groups is 1. The highest BCUT2D eigenvalue weighted by Gasteiger charge is 2.20. The summed E-state index contributed by atoms with van der Waals surface area (Å²) in [7, 11) is 0. The number of carboxylic acid groups (broad SMARTS) is 1. The third-order valence-corrected chi connectivity index (χ3v) is 2.54. The quantitative estimate of drug-likeness (QED) is 0.648. The van der Waals surface area contributed by atoms with Crippen molar-refractivity contribution in [2.45, 2.75) is 26.3 Å². The van der Waals surface area contributed by atoms with Crippen molar-refractivity contribution in [1.29, 1.82) is 5.26 Å². The lowest BCUT2D eigenvalue weighted by molar-refractivity contribution is -0.141. The van der Waals surface area contributed by atoms with Gasteiger partial charge in [-0.05, 0) is 12.3 Å². The number of hydrogen-bond donors (Lipinski definition) is 2. The summed E-state index contributed by atoms with van der Waals surface area (Å²) in [6.07, 6.45) is 0.407. The van der Waals surface area contributed by atoms with Crippen LogP contribution in [0.2, 0.25) is 0 Å². The van der Waals surface area contributed by atoms with Gasteiger partial charge in [-0.15, -0.1) is 11.8 Å². The van der Waals surface area contributed by atoms with E-state index in [0.717, 1.165) is 0 Å². The molecular weight excluding hydrogens is 228 g/mol. The van der Waals surface area contributed by atoms with Crippen molar-refractivity contribution in [2.75, 3.05) is 11.5 Å². The first-order chi connectivity index (χ1) is 7.47. The van der Waals surface area contributed by atoms with Gasteiger partial charge >= 0.3 is 5.97 Å². The Morgan fingerprint density at radius 2 is 2.12 bits per heavy atom. The molecule has 1 amide bonds. The Morgan fingerprint density at radius 3 is 2.56 bits per heavy atom. The SMILES string of the molecule is CC(C)C[C@@H](NC(=O)CSCC#N)C(=O)O. The second-order valence-corrected chi connectivity index (χ2v) is 4.72. The fourth-order valence-corrected chi connectivity index (χ4v) is 1.58. The van der Waals surface area contributed by atoms with Crippen LogP contribution in [0.5, 0.6) is 0 Å². The molecule has 0 unspecified atom stereocenters. The number of carbonyl (C=O) groups is 2. The summed E-state index contributed by atoms with van der Waals surface area (Å²) in [5.74, 6) is -0.807. The molecule has 0 fully saturated rings. The zero-order valence-electron chi connectivity index (χ0n) is 9.40. The van der Waals surface area contributed by atoms with Gasteiger partial charge in [0.05, 0.1) is 17.6 Å². The predicted octanol–water partition coefficient (Wildman–Crippen LogP) is 0.859. The minimum Gasteiger partial charge on any atom is -0.480 e. The molecule has 1 atom stereocenters. The van der Waals surface area contributed by atoms with E-state index in [1.165, 1.54) is 11.8 Å². The molecule has 0 saturated heterocycles. The number of nitriles is 1. The molecule has 6 heteroatoms. The molecule has 0 aromatic heterocycles. The molecule has 2 N–H and O–H groups in total. The number of carbonyl (C=O) groups excluding carboxylic acids is 1. The van der Waals surface area contributed by atoms with Crippen LogP contribution in [0.15, 0.2) is 0 Å². The van der Waals surface area contributed by atoms with Gasteiger partial charge in [-0.3, -0.25) is 4.79 Å². The van der Waals surface area contributed by atoms with Crippen molar-refractivity contribution in [3.05, 3.63) is 0 Å². The van der Waals surface area contributed by atoms with Crippen molar-refractivity contribution in [3.8, 4) is 6.07 Å². The molecule has 0 aliphatic heterocycles. The van der Waals surface area contributed by atoms with E-state index in [1.807, 2.05) is 19.9 Å². The number of carboxylic acids is 1. The summed E-state index contributed by atoms with van der Waals surface area (Å²) < 4.78 is 0.